The molecule has 1 N–H and O–H groups in total. The van der Waals surface area contributed by atoms with Crippen LogP contribution < -0.4 is 10.9 Å². The normalized spacial score (nSPS) is 12.9. The molecule has 3 aromatic heterocycles. The first-order valence-electron chi connectivity index (χ1n) is 9.05. The molecule has 0 bridgehead atoms. The van der Waals surface area contributed by atoms with Crippen LogP contribution in [0.4, 0.5) is 5.00 Å². The molecule has 0 atom stereocenters. The van der Waals surface area contributed by atoms with Crippen molar-refractivity contribution in [3.8, 4) is 0 Å². The van der Waals surface area contributed by atoms with Gasteiger partial charge in [-0.25, -0.2) is 9.78 Å². The lowest BCUT2D eigenvalue weighted by molar-refractivity contribution is -0.116. The number of aromatic nitrogens is 2. The summed E-state index contributed by atoms with van der Waals surface area (Å²) >= 11 is 2.74. The summed E-state index contributed by atoms with van der Waals surface area (Å²) in [6, 6.07) is 1.73. The maximum Gasteiger partial charge on any atom is 0.348 e. The highest BCUT2D eigenvalue weighted by Gasteiger charge is 2.22. The fourth-order valence-corrected chi connectivity index (χ4v) is 5.61. The van der Waals surface area contributed by atoms with Gasteiger partial charge in [-0.15, -0.1) is 22.7 Å². The van der Waals surface area contributed by atoms with Gasteiger partial charge < -0.3 is 10.1 Å². The van der Waals surface area contributed by atoms with Crippen LogP contribution in [0.15, 0.2) is 17.2 Å². The number of amides is 1. The maximum absolute atomic E-state index is 12.8. The van der Waals surface area contributed by atoms with Crippen LogP contribution in [-0.2, 0) is 28.9 Å². The number of thiophene rings is 2. The second-order valence-electron chi connectivity index (χ2n) is 6.61. The molecule has 0 saturated heterocycles. The fraction of sp³-hybridized carbons (Fsp3) is 0.368. The van der Waals surface area contributed by atoms with E-state index in [1.54, 1.807) is 31.3 Å². The van der Waals surface area contributed by atoms with Gasteiger partial charge in [0.25, 0.3) is 5.56 Å². The number of fused-ring (bicyclic) bond motifs is 3. The Morgan fingerprint density at radius 1 is 1.32 bits per heavy atom. The van der Waals surface area contributed by atoms with Gasteiger partial charge in [-0.05, 0) is 50.3 Å². The van der Waals surface area contributed by atoms with Crippen LogP contribution in [0.2, 0.25) is 0 Å². The van der Waals surface area contributed by atoms with Crippen LogP contribution in [-0.4, -0.2) is 28.0 Å². The Morgan fingerprint density at radius 3 is 2.93 bits per heavy atom. The largest absolute Gasteiger partial charge is 0.462 e. The third-order valence-electron chi connectivity index (χ3n) is 4.65. The zero-order valence-electron chi connectivity index (χ0n) is 15.5. The Kier molecular flexibility index (Phi) is 5.03. The van der Waals surface area contributed by atoms with E-state index in [9.17, 15) is 14.4 Å². The highest BCUT2D eigenvalue weighted by Crippen LogP contribution is 2.34. The molecule has 7 nitrogen and oxygen atoms in total. The average molecular weight is 418 g/mol. The summed E-state index contributed by atoms with van der Waals surface area (Å²) in [6.07, 6.45) is 4.39. The lowest BCUT2D eigenvalue weighted by Gasteiger charge is -2.06. The number of carbonyl (C=O) groups is 2. The molecule has 4 rings (SSSR count). The Bertz CT molecular complexity index is 1140. The molecule has 0 spiro atoms. The molecule has 146 valence electrons. The summed E-state index contributed by atoms with van der Waals surface area (Å²) in [5, 5.41) is 3.96. The van der Waals surface area contributed by atoms with Crippen molar-refractivity contribution in [2.45, 2.75) is 39.7 Å². The van der Waals surface area contributed by atoms with Crippen molar-refractivity contribution in [3.05, 3.63) is 43.6 Å². The van der Waals surface area contributed by atoms with Crippen LogP contribution >= 0.6 is 22.7 Å². The summed E-state index contributed by atoms with van der Waals surface area (Å²) in [5.74, 6) is -0.741. The predicted molar refractivity (Wildman–Crippen MR) is 110 cm³/mol. The van der Waals surface area contributed by atoms with Crippen molar-refractivity contribution in [2.24, 2.45) is 0 Å². The molecular formula is C19H19N3O4S2. The lowest BCUT2D eigenvalue weighted by Crippen LogP contribution is -2.27. The molecule has 0 unspecified atom stereocenters. The molecule has 0 aromatic carbocycles. The number of anilines is 1. The van der Waals surface area contributed by atoms with Crippen LogP contribution in [0.1, 0.15) is 39.0 Å². The SMILES string of the molecule is CCOC(=O)c1sc(NC(=O)Cn2cnc3sc4c(c3c2=O)CCC4)cc1C. The minimum Gasteiger partial charge on any atom is -0.462 e. The molecular weight excluding hydrogens is 398 g/mol. The zero-order valence-corrected chi connectivity index (χ0v) is 17.2. The maximum atomic E-state index is 12.8. The minimum atomic E-state index is -0.400. The van der Waals surface area contributed by atoms with Gasteiger partial charge in [0, 0.05) is 4.88 Å². The van der Waals surface area contributed by atoms with Crippen molar-refractivity contribution in [1.82, 2.24) is 9.55 Å². The van der Waals surface area contributed by atoms with E-state index in [1.807, 2.05) is 0 Å². The molecule has 0 aliphatic heterocycles. The third-order valence-corrected chi connectivity index (χ3v) is 6.98. The van der Waals surface area contributed by atoms with Crippen LogP contribution in [0.3, 0.4) is 0 Å². The molecule has 28 heavy (non-hydrogen) atoms. The quantitative estimate of drug-likeness (QED) is 0.644. The number of hydrogen-bond donors (Lipinski definition) is 1. The number of rotatable bonds is 5. The Morgan fingerprint density at radius 2 is 2.14 bits per heavy atom. The smallest absolute Gasteiger partial charge is 0.348 e. The van der Waals surface area contributed by atoms with Gasteiger partial charge in [0.15, 0.2) is 0 Å². The fourth-order valence-electron chi connectivity index (χ4n) is 3.41. The number of carbonyl (C=O) groups excluding carboxylic acids is 2. The van der Waals surface area contributed by atoms with Gasteiger partial charge in [0.1, 0.15) is 16.3 Å². The lowest BCUT2D eigenvalue weighted by atomic mass is 10.2. The Balaban J connectivity index is 1.53. The molecule has 9 heteroatoms. The first-order valence-corrected chi connectivity index (χ1v) is 10.7. The van der Waals surface area contributed by atoms with Crippen molar-refractivity contribution in [2.75, 3.05) is 11.9 Å². The first-order chi connectivity index (χ1) is 13.5. The van der Waals surface area contributed by atoms with E-state index in [2.05, 4.69) is 10.3 Å². The summed E-state index contributed by atoms with van der Waals surface area (Å²) in [7, 11) is 0. The number of nitrogens with one attached hydrogen (secondary N) is 1. The number of hydrogen-bond acceptors (Lipinski definition) is 7. The summed E-state index contributed by atoms with van der Waals surface area (Å²) in [4.78, 5) is 44.0. The second kappa shape index (κ2) is 7.48. The van der Waals surface area contributed by atoms with Gasteiger partial charge in [-0.3, -0.25) is 14.2 Å². The van der Waals surface area contributed by atoms with Crippen LogP contribution in [0, 0.1) is 6.92 Å². The monoisotopic (exact) mass is 417 g/mol. The van der Waals surface area contributed by atoms with Crippen LogP contribution in [0.5, 0.6) is 0 Å². The standard InChI is InChI=1S/C19H19N3O4S2/c1-3-26-19(25)16-10(2)7-14(28-16)21-13(23)8-22-9-20-17-15(18(22)24)11-5-4-6-12(11)27-17/h7,9H,3-6,8H2,1-2H3,(H,21,23). The van der Waals surface area contributed by atoms with Crippen molar-refractivity contribution < 1.29 is 14.3 Å². The van der Waals surface area contributed by atoms with E-state index in [0.717, 1.165) is 46.6 Å². The van der Waals surface area contributed by atoms with E-state index in [4.69, 9.17) is 4.74 Å². The van der Waals surface area contributed by atoms with Gasteiger partial charge in [0.2, 0.25) is 5.91 Å². The number of aryl methyl sites for hydroxylation is 3. The predicted octanol–water partition coefficient (Wildman–Crippen LogP) is 3.13. The zero-order chi connectivity index (χ0) is 19.8. The van der Waals surface area contributed by atoms with Crippen molar-refractivity contribution in [3.63, 3.8) is 0 Å². The molecule has 3 aromatic rings. The van der Waals surface area contributed by atoms with Gasteiger partial charge in [-0.2, -0.15) is 0 Å². The molecule has 0 fully saturated rings. The van der Waals surface area contributed by atoms with Crippen molar-refractivity contribution in [1.29, 1.82) is 0 Å². The molecule has 1 aliphatic carbocycles. The van der Waals surface area contributed by atoms with Gasteiger partial charge in [-0.1, -0.05) is 0 Å². The van der Waals surface area contributed by atoms with E-state index < -0.39 is 5.97 Å². The Labute approximate surface area is 169 Å². The highest BCUT2D eigenvalue weighted by molar-refractivity contribution is 7.19. The molecule has 1 amide bonds. The van der Waals surface area contributed by atoms with Gasteiger partial charge in [0.05, 0.1) is 23.3 Å². The highest BCUT2D eigenvalue weighted by atomic mass is 32.1. The molecule has 3 heterocycles. The summed E-state index contributed by atoms with van der Waals surface area (Å²) in [6.45, 7) is 3.70. The first kappa shape index (κ1) is 18.8. The van der Waals surface area contributed by atoms with E-state index in [-0.39, 0.29) is 18.0 Å². The van der Waals surface area contributed by atoms with Crippen LogP contribution in [0.25, 0.3) is 10.2 Å². The topological polar surface area (TPSA) is 90.3 Å². The number of nitrogens with zero attached hydrogens (tertiary/aromatic N) is 2. The Hall–Kier alpha value is -2.52. The van der Waals surface area contributed by atoms with E-state index >= 15 is 0 Å². The molecule has 0 radical (unpaired) electrons. The number of esters is 1. The van der Waals surface area contributed by atoms with Crippen molar-refractivity contribution >= 4 is 49.8 Å². The summed E-state index contributed by atoms with van der Waals surface area (Å²) < 4.78 is 6.36. The number of ether oxygens (including phenoxy) is 1. The van der Waals surface area contributed by atoms with Gasteiger partial charge >= 0.3 is 5.97 Å². The summed E-state index contributed by atoms with van der Waals surface area (Å²) in [5.41, 5.74) is 1.67. The van der Waals surface area contributed by atoms with E-state index in [1.165, 1.54) is 15.8 Å². The minimum absolute atomic E-state index is 0.127. The molecule has 1 aliphatic rings. The van der Waals surface area contributed by atoms with E-state index in [0.29, 0.717) is 21.9 Å². The second-order valence-corrected chi connectivity index (χ2v) is 8.74. The molecule has 0 saturated carbocycles. The third kappa shape index (κ3) is 3.35. The average Bonchev–Trinajstić information content (AvgIpc) is 3.32.